The van der Waals surface area contributed by atoms with Gasteiger partial charge in [0, 0.05) is 28.5 Å². The van der Waals surface area contributed by atoms with Gasteiger partial charge < -0.3 is 14.2 Å². The van der Waals surface area contributed by atoms with Crippen LogP contribution in [0.2, 0.25) is 5.02 Å². The van der Waals surface area contributed by atoms with E-state index in [1.165, 1.54) is 4.90 Å². The van der Waals surface area contributed by atoms with E-state index in [0.717, 1.165) is 11.1 Å². The molecule has 1 aliphatic rings. The zero-order valence-electron chi connectivity index (χ0n) is 16.0. The van der Waals surface area contributed by atoms with Crippen molar-refractivity contribution in [1.29, 1.82) is 0 Å². The van der Waals surface area contributed by atoms with Crippen molar-refractivity contribution in [3.63, 3.8) is 0 Å². The van der Waals surface area contributed by atoms with Gasteiger partial charge >= 0.3 is 0 Å². The molecule has 1 fully saturated rings. The molecule has 0 saturated carbocycles. The Balaban J connectivity index is 1.88. The third-order valence-corrected chi connectivity index (χ3v) is 5.25. The summed E-state index contributed by atoms with van der Waals surface area (Å²) in [5, 5.41) is 0.578. The van der Waals surface area contributed by atoms with Gasteiger partial charge in [-0.05, 0) is 42.3 Å². The largest absolute Gasteiger partial charge is 0.497 e. The van der Waals surface area contributed by atoms with E-state index in [4.69, 9.17) is 16.3 Å². The summed E-state index contributed by atoms with van der Waals surface area (Å²) in [6.07, 6.45) is 1.84. The third-order valence-electron chi connectivity index (χ3n) is 4.99. The Kier molecular flexibility index (Phi) is 4.82. The molecule has 0 spiro atoms. The van der Waals surface area contributed by atoms with Gasteiger partial charge in [-0.2, -0.15) is 0 Å². The first-order valence-electron chi connectivity index (χ1n) is 9.08. The SMILES string of the molecule is COc1cccc(-n2cc(C)c(-c3ccc(Cl)cc3)c2C(=O)N2CC(F)(F)C2)c1. The number of carbonyl (C=O) groups excluding carboxylic acids is 1. The molecule has 4 rings (SSSR count). The Bertz CT molecular complexity index is 1070. The number of hydrogen-bond donors (Lipinski definition) is 0. The maximum Gasteiger partial charge on any atom is 0.282 e. The molecular weight excluding hydrogens is 398 g/mol. The smallest absolute Gasteiger partial charge is 0.282 e. The summed E-state index contributed by atoms with van der Waals surface area (Å²) in [6.45, 7) is 0.741. The molecule has 0 bridgehead atoms. The van der Waals surface area contributed by atoms with Gasteiger partial charge in [0.05, 0.1) is 20.2 Å². The van der Waals surface area contributed by atoms with Crippen LogP contribution in [0, 0.1) is 6.92 Å². The molecule has 0 N–H and O–H groups in total. The number of amides is 1. The second kappa shape index (κ2) is 7.19. The Morgan fingerprint density at radius 2 is 1.83 bits per heavy atom. The lowest BCUT2D eigenvalue weighted by atomic mass is 10.0. The van der Waals surface area contributed by atoms with Crippen molar-refractivity contribution in [2.24, 2.45) is 0 Å². The fraction of sp³-hybridized carbons (Fsp3) is 0.227. The summed E-state index contributed by atoms with van der Waals surface area (Å²) in [5.41, 5.74) is 3.40. The Morgan fingerprint density at radius 3 is 2.45 bits per heavy atom. The highest BCUT2D eigenvalue weighted by Crippen LogP contribution is 2.36. The average Bonchev–Trinajstić information content (AvgIpc) is 3.03. The Hall–Kier alpha value is -2.86. The molecule has 2 heterocycles. The Morgan fingerprint density at radius 1 is 1.14 bits per heavy atom. The summed E-state index contributed by atoms with van der Waals surface area (Å²) in [4.78, 5) is 14.4. The second-order valence-corrected chi connectivity index (χ2v) is 7.57. The number of carbonyl (C=O) groups is 1. The lowest BCUT2D eigenvalue weighted by Gasteiger charge is -2.39. The number of aromatic nitrogens is 1. The van der Waals surface area contributed by atoms with Gasteiger partial charge in [-0.1, -0.05) is 29.8 Å². The number of benzene rings is 2. The fourth-order valence-corrected chi connectivity index (χ4v) is 3.72. The summed E-state index contributed by atoms with van der Waals surface area (Å²) in [5.74, 6) is -2.63. The van der Waals surface area contributed by atoms with Crippen molar-refractivity contribution in [2.45, 2.75) is 12.8 Å². The first-order chi connectivity index (χ1) is 13.8. The quantitative estimate of drug-likeness (QED) is 0.585. The maximum atomic E-state index is 13.4. The van der Waals surface area contributed by atoms with E-state index in [1.807, 2.05) is 37.4 Å². The molecular formula is C22H19ClF2N2O2. The molecule has 1 saturated heterocycles. The number of hydrogen-bond acceptors (Lipinski definition) is 2. The number of rotatable bonds is 4. The zero-order valence-corrected chi connectivity index (χ0v) is 16.7. The normalized spacial score (nSPS) is 15.1. The van der Waals surface area contributed by atoms with Crippen LogP contribution in [0.4, 0.5) is 8.78 Å². The minimum absolute atomic E-state index is 0.341. The van der Waals surface area contributed by atoms with Crippen LogP contribution in [0.25, 0.3) is 16.8 Å². The van der Waals surface area contributed by atoms with E-state index in [1.54, 1.807) is 35.9 Å². The summed E-state index contributed by atoms with van der Waals surface area (Å²) < 4.78 is 33.9. The third kappa shape index (κ3) is 3.60. The van der Waals surface area contributed by atoms with Crippen LogP contribution in [0.5, 0.6) is 5.75 Å². The number of halogens is 3. The lowest BCUT2D eigenvalue weighted by Crippen LogP contribution is -2.58. The number of likely N-dealkylation sites (tertiary alicyclic amines) is 1. The highest BCUT2D eigenvalue weighted by Gasteiger charge is 2.47. The molecule has 0 radical (unpaired) electrons. The molecule has 29 heavy (non-hydrogen) atoms. The molecule has 1 amide bonds. The van der Waals surface area contributed by atoms with Crippen LogP contribution in [-0.4, -0.2) is 41.5 Å². The van der Waals surface area contributed by atoms with Crippen LogP contribution < -0.4 is 4.74 Å². The molecule has 7 heteroatoms. The number of methoxy groups -OCH3 is 1. The number of nitrogens with zero attached hydrogens (tertiary/aromatic N) is 2. The van der Waals surface area contributed by atoms with E-state index in [2.05, 4.69) is 0 Å². The molecule has 2 aromatic carbocycles. The van der Waals surface area contributed by atoms with Crippen LogP contribution in [-0.2, 0) is 0 Å². The standard InChI is InChI=1S/C22H19ClF2N2O2/c1-14-11-27(17-4-3-5-18(10-17)29-2)20(21(28)26-12-22(24,25)13-26)19(14)15-6-8-16(23)9-7-15/h3-11H,12-13H2,1-2H3. The number of aryl methyl sites for hydroxylation is 1. The maximum absolute atomic E-state index is 13.4. The lowest BCUT2D eigenvalue weighted by molar-refractivity contribution is -0.113. The van der Waals surface area contributed by atoms with E-state index >= 15 is 0 Å². The number of ether oxygens (including phenoxy) is 1. The van der Waals surface area contributed by atoms with E-state index in [9.17, 15) is 13.6 Å². The molecule has 4 nitrogen and oxygen atoms in total. The van der Waals surface area contributed by atoms with Gasteiger partial charge in [-0.15, -0.1) is 0 Å². The van der Waals surface area contributed by atoms with Crippen molar-refractivity contribution in [3.05, 3.63) is 71.0 Å². The molecule has 1 aliphatic heterocycles. The van der Waals surface area contributed by atoms with Gasteiger partial charge in [-0.3, -0.25) is 4.79 Å². The predicted molar refractivity (Wildman–Crippen MR) is 108 cm³/mol. The van der Waals surface area contributed by atoms with Crippen molar-refractivity contribution in [3.8, 4) is 22.6 Å². The monoisotopic (exact) mass is 416 g/mol. The summed E-state index contributed by atoms with van der Waals surface area (Å²) >= 11 is 6.01. The molecule has 150 valence electrons. The van der Waals surface area contributed by atoms with Crippen LogP contribution >= 0.6 is 11.6 Å². The molecule has 0 aliphatic carbocycles. The van der Waals surface area contributed by atoms with Crippen LogP contribution in [0.15, 0.2) is 54.7 Å². The summed E-state index contributed by atoms with van der Waals surface area (Å²) in [7, 11) is 1.56. The van der Waals surface area contributed by atoms with Gasteiger partial charge in [0.15, 0.2) is 0 Å². The molecule has 0 unspecified atom stereocenters. The Labute approximate surface area is 172 Å². The van der Waals surface area contributed by atoms with Crippen molar-refractivity contribution in [2.75, 3.05) is 20.2 Å². The van der Waals surface area contributed by atoms with E-state index < -0.39 is 24.9 Å². The molecule has 0 atom stereocenters. The minimum atomic E-state index is -2.83. The van der Waals surface area contributed by atoms with Crippen molar-refractivity contribution in [1.82, 2.24) is 9.47 Å². The first kappa shape index (κ1) is 19.5. The fourth-order valence-electron chi connectivity index (χ4n) is 3.59. The zero-order chi connectivity index (χ0) is 20.8. The van der Waals surface area contributed by atoms with Crippen LogP contribution in [0.1, 0.15) is 16.1 Å². The first-order valence-corrected chi connectivity index (χ1v) is 9.46. The predicted octanol–water partition coefficient (Wildman–Crippen LogP) is 5.21. The van der Waals surface area contributed by atoms with Gasteiger partial charge in [-0.25, -0.2) is 8.78 Å². The minimum Gasteiger partial charge on any atom is -0.497 e. The van der Waals surface area contributed by atoms with Gasteiger partial charge in [0.25, 0.3) is 11.8 Å². The van der Waals surface area contributed by atoms with Crippen molar-refractivity contribution < 1.29 is 18.3 Å². The average molecular weight is 417 g/mol. The highest BCUT2D eigenvalue weighted by atomic mass is 35.5. The number of alkyl halides is 2. The van der Waals surface area contributed by atoms with E-state index in [0.29, 0.717) is 27.7 Å². The highest BCUT2D eigenvalue weighted by molar-refractivity contribution is 6.30. The van der Waals surface area contributed by atoms with Crippen LogP contribution in [0.3, 0.4) is 0 Å². The van der Waals surface area contributed by atoms with Gasteiger partial charge in [0.2, 0.25) is 0 Å². The van der Waals surface area contributed by atoms with Gasteiger partial charge in [0.1, 0.15) is 11.4 Å². The second-order valence-electron chi connectivity index (χ2n) is 7.13. The summed E-state index contributed by atoms with van der Waals surface area (Å²) in [6, 6.07) is 14.4. The molecule has 1 aromatic heterocycles. The van der Waals surface area contributed by atoms with Crippen molar-refractivity contribution >= 4 is 17.5 Å². The topological polar surface area (TPSA) is 34.5 Å². The molecule has 3 aromatic rings. The van der Waals surface area contributed by atoms with E-state index in [-0.39, 0.29) is 0 Å².